The Morgan fingerprint density at radius 2 is 2.20 bits per heavy atom. The smallest absolute Gasteiger partial charge is 0.0570 e. The fraction of sp³-hybridized carbons (Fsp3) is 1.00. The third kappa shape index (κ3) is 1.65. The van der Waals surface area contributed by atoms with Crippen LogP contribution in [0, 0.1) is 0 Å². The van der Waals surface area contributed by atoms with Crippen LogP contribution >= 0.6 is 12.8 Å². The zero-order valence-electron chi connectivity index (χ0n) is 6.54. The third-order valence-electron chi connectivity index (χ3n) is 2.11. The third-order valence-corrected chi connectivity index (χ3v) is 2.85. The predicted octanol–water partition coefficient (Wildman–Crippen LogP) is 1.07. The van der Waals surface area contributed by atoms with E-state index in [1.807, 2.05) is 4.31 Å². The molecule has 0 spiro atoms. The Hall–Kier alpha value is 0.270. The molecular weight excluding hydrogens is 146 g/mol. The number of hydrogen-bond donors (Lipinski definition) is 2. The topological polar surface area (TPSA) is 23.5 Å². The zero-order valence-corrected chi connectivity index (χ0v) is 7.43. The summed E-state index contributed by atoms with van der Waals surface area (Å²) in [5.41, 5.74) is 0.0563. The summed E-state index contributed by atoms with van der Waals surface area (Å²) in [6.07, 6.45) is 1.56. The van der Waals surface area contributed by atoms with Crippen molar-refractivity contribution in [2.45, 2.75) is 38.3 Å². The van der Waals surface area contributed by atoms with Gasteiger partial charge in [0.15, 0.2) is 0 Å². The Morgan fingerprint density at radius 1 is 1.60 bits per heavy atom. The molecule has 1 fully saturated rings. The van der Waals surface area contributed by atoms with Crippen molar-refractivity contribution < 1.29 is 5.11 Å². The molecule has 0 amide bonds. The number of nitrogens with zero attached hydrogens (tertiary/aromatic N) is 1. The van der Waals surface area contributed by atoms with Gasteiger partial charge in [-0.2, -0.15) is 0 Å². The van der Waals surface area contributed by atoms with E-state index >= 15 is 0 Å². The van der Waals surface area contributed by atoms with Gasteiger partial charge in [-0.25, -0.2) is 4.31 Å². The first-order valence-electron chi connectivity index (χ1n) is 3.67. The molecule has 1 unspecified atom stereocenters. The molecule has 1 aliphatic heterocycles. The van der Waals surface area contributed by atoms with E-state index < -0.39 is 0 Å². The first kappa shape index (κ1) is 8.37. The van der Waals surface area contributed by atoms with E-state index in [4.69, 9.17) is 0 Å². The largest absolute Gasteiger partial charge is 0.393 e. The molecule has 1 rings (SSSR count). The normalized spacial score (nSPS) is 34.2. The number of rotatable bonds is 0. The monoisotopic (exact) mass is 161 g/mol. The van der Waals surface area contributed by atoms with Crippen LogP contribution in [0.25, 0.3) is 0 Å². The molecule has 0 radical (unpaired) electrons. The second kappa shape index (κ2) is 2.72. The summed E-state index contributed by atoms with van der Waals surface area (Å²) in [6.45, 7) is 5.09. The molecule has 1 aliphatic rings. The van der Waals surface area contributed by atoms with E-state index in [1.54, 1.807) is 0 Å². The van der Waals surface area contributed by atoms with Crippen LogP contribution in [0.5, 0.6) is 0 Å². The Bertz CT molecular complexity index is 127. The van der Waals surface area contributed by atoms with Crippen molar-refractivity contribution in [3.8, 4) is 0 Å². The van der Waals surface area contributed by atoms with E-state index in [9.17, 15) is 5.11 Å². The van der Waals surface area contributed by atoms with Crippen LogP contribution in [-0.2, 0) is 0 Å². The first-order chi connectivity index (χ1) is 4.52. The summed E-state index contributed by atoms with van der Waals surface area (Å²) in [5, 5.41) is 9.30. The van der Waals surface area contributed by atoms with Crippen LogP contribution in [0.2, 0.25) is 0 Å². The fourth-order valence-electron chi connectivity index (χ4n) is 1.36. The Kier molecular flexibility index (Phi) is 2.28. The molecule has 0 aromatic rings. The average molecular weight is 161 g/mol. The van der Waals surface area contributed by atoms with Crippen LogP contribution in [0.3, 0.4) is 0 Å². The van der Waals surface area contributed by atoms with Crippen molar-refractivity contribution in [3.05, 3.63) is 0 Å². The number of aliphatic hydroxyl groups is 1. The van der Waals surface area contributed by atoms with E-state index in [0.717, 1.165) is 19.4 Å². The van der Waals surface area contributed by atoms with Crippen LogP contribution in [-0.4, -0.2) is 27.6 Å². The maximum Gasteiger partial charge on any atom is 0.0570 e. The van der Waals surface area contributed by atoms with Gasteiger partial charge < -0.3 is 5.11 Å². The number of piperidine rings is 1. The van der Waals surface area contributed by atoms with Gasteiger partial charge in [-0.3, -0.25) is 0 Å². The second-order valence-corrected chi connectivity index (χ2v) is 4.07. The molecule has 1 saturated heterocycles. The first-order valence-corrected chi connectivity index (χ1v) is 4.07. The Balaban J connectivity index is 2.55. The van der Waals surface area contributed by atoms with Gasteiger partial charge in [0.1, 0.15) is 0 Å². The minimum absolute atomic E-state index is 0.0563. The van der Waals surface area contributed by atoms with E-state index in [1.165, 1.54) is 0 Å². The van der Waals surface area contributed by atoms with Gasteiger partial charge in [-0.05, 0) is 26.7 Å². The molecule has 10 heavy (non-hydrogen) atoms. The van der Waals surface area contributed by atoms with Gasteiger partial charge in [-0.15, -0.1) is 0 Å². The fourth-order valence-corrected chi connectivity index (χ4v) is 1.56. The molecule has 0 aromatic heterocycles. The lowest BCUT2D eigenvalue weighted by atomic mass is 9.91. The highest BCUT2D eigenvalue weighted by atomic mass is 32.1. The van der Waals surface area contributed by atoms with E-state index in [0.29, 0.717) is 0 Å². The molecular formula is C7H15NOS. The van der Waals surface area contributed by atoms with Crippen molar-refractivity contribution in [3.63, 3.8) is 0 Å². The van der Waals surface area contributed by atoms with Gasteiger partial charge in [-0.1, -0.05) is 12.8 Å². The van der Waals surface area contributed by atoms with E-state index in [2.05, 4.69) is 26.7 Å². The summed E-state index contributed by atoms with van der Waals surface area (Å²) in [4.78, 5) is 0. The molecule has 1 N–H and O–H groups in total. The highest BCUT2D eigenvalue weighted by Crippen LogP contribution is 2.28. The van der Waals surface area contributed by atoms with Gasteiger partial charge >= 0.3 is 0 Å². The Labute approximate surface area is 67.8 Å². The van der Waals surface area contributed by atoms with Crippen LogP contribution < -0.4 is 0 Å². The minimum Gasteiger partial charge on any atom is -0.393 e. The zero-order chi connectivity index (χ0) is 7.78. The van der Waals surface area contributed by atoms with Gasteiger partial charge in [0.05, 0.1) is 6.10 Å². The molecule has 60 valence electrons. The maximum absolute atomic E-state index is 9.30. The van der Waals surface area contributed by atoms with Gasteiger partial charge in [0, 0.05) is 12.1 Å². The molecule has 0 bridgehead atoms. The quantitative estimate of drug-likeness (QED) is 0.519. The maximum atomic E-state index is 9.30. The lowest BCUT2D eigenvalue weighted by Gasteiger charge is -2.40. The summed E-state index contributed by atoms with van der Waals surface area (Å²) in [6, 6.07) is 0. The van der Waals surface area contributed by atoms with E-state index in [-0.39, 0.29) is 11.6 Å². The van der Waals surface area contributed by atoms with Crippen molar-refractivity contribution >= 4 is 12.8 Å². The molecule has 1 heterocycles. The molecule has 3 heteroatoms. The second-order valence-electron chi connectivity index (χ2n) is 3.58. The number of thiol groups is 1. The molecule has 1 atom stereocenters. The molecule has 0 aromatic carbocycles. The summed E-state index contributed by atoms with van der Waals surface area (Å²) < 4.78 is 2.00. The minimum atomic E-state index is -0.126. The van der Waals surface area contributed by atoms with Crippen molar-refractivity contribution in [2.75, 3.05) is 6.54 Å². The summed E-state index contributed by atoms with van der Waals surface area (Å²) in [5.74, 6) is 0. The van der Waals surface area contributed by atoms with Crippen molar-refractivity contribution in [1.29, 1.82) is 0 Å². The standard InChI is InChI=1S/C7H15NOS/c1-7(2)5-6(9)3-4-8(7)10/h6,9-10H,3-5H2,1-2H3. The van der Waals surface area contributed by atoms with Gasteiger partial charge in [0.25, 0.3) is 0 Å². The summed E-state index contributed by atoms with van der Waals surface area (Å²) >= 11 is 4.30. The number of hydrogen-bond acceptors (Lipinski definition) is 3. The molecule has 0 saturated carbocycles. The molecule has 0 aliphatic carbocycles. The van der Waals surface area contributed by atoms with Crippen LogP contribution in [0.4, 0.5) is 0 Å². The highest BCUT2D eigenvalue weighted by molar-refractivity contribution is 7.77. The molecule has 2 nitrogen and oxygen atoms in total. The van der Waals surface area contributed by atoms with Crippen molar-refractivity contribution in [1.82, 2.24) is 4.31 Å². The number of aliphatic hydroxyl groups excluding tert-OH is 1. The highest BCUT2D eigenvalue weighted by Gasteiger charge is 2.31. The van der Waals surface area contributed by atoms with Gasteiger partial charge in [0.2, 0.25) is 0 Å². The SMILES string of the molecule is CC1(C)CC(O)CCN1S. The average Bonchev–Trinajstić information content (AvgIpc) is 1.78. The summed E-state index contributed by atoms with van der Waals surface area (Å²) in [7, 11) is 0. The van der Waals surface area contributed by atoms with Crippen LogP contribution in [0.15, 0.2) is 0 Å². The van der Waals surface area contributed by atoms with Crippen LogP contribution in [0.1, 0.15) is 26.7 Å². The lowest BCUT2D eigenvalue weighted by Crippen LogP contribution is -2.46. The Morgan fingerprint density at radius 3 is 2.60 bits per heavy atom. The van der Waals surface area contributed by atoms with Crippen molar-refractivity contribution in [2.24, 2.45) is 0 Å². The lowest BCUT2D eigenvalue weighted by molar-refractivity contribution is 0.0508. The predicted molar refractivity (Wildman–Crippen MR) is 45.0 cm³/mol.